The summed E-state index contributed by atoms with van der Waals surface area (Å²) in [5.41, 5.74) is 5.63. The molecule has 0 aromatic carbocycles. The van der Waals surface area contributed by atoms with Crippen LogP contribution in [0.2, 0.25) is 0 Å². The molecule has 0 bridgehead atoms. The van der Waals surface area contributed by atoms with Crippen molar-refractivity contribution in [3.8, 4) is 0 Å². The summed E-state index contributed by atoms with van der Waals surface area (Å²) in [5, 5.41) is 0. The van der Waals surface area contributed by atoms with E-state index >= 15 is 0 Å². The van der Waals surface area contributed by atoms with Gasteiger partial charge in [0.1, 0.15) is 18.1 Å². The predicted octanol–water partition coefficient (Wildman–Crippen LogP) is 2.58. The number of alkyl halides is 2. The highest BCUT2D eigenvalue weighted by atomic mass is 127. The highest BCUT2D eigenvalue weighted by Crippen LogP contribution is 2.16. The normalized spacial score (nSPS) is 17.0. The predicted molar refractivity (Wildman–Crippen MR) is 87.7 cm³/mol. The van der Waals surface area contributed by atoms with Crippen molar-refractivity contribution < 1.29 is 8.78 Å². The number of nitrogens with zero attached hydrogens (tertiary/aromatic N) is 4. The maximum absolute atomic E-state index is 12.5. The SMILES string of the molecule is CC1CCN(C(N)=NCc2nccc(C(F)F)n2)CC1.I. The Morgan fingerprint density at radius 1 is 1.48 bits per heavy atom. The van der Waals surface area contributed by atoms with Crippen LogP contribution in [0.4, 0.5) is 8.78 Å². The van der Waals surface area contributed by atoms with E-state index in [1.807, 2.05) is 4.90 Å². The lowest BCUT2D eigenvalue weighted by atomic mass is 10.00. The van der Waals surface area contributed by atoms with E-state index in [1.54, 1.807) is 0 Å². The first-order valence-corrected chi connectivity index (χ1v) is 6.71. The van der Waals surface area contributed by atoms with Gasteiger partial charge in [-0.25, -0.2) is 23.7 Å². The largest absolute Gasteiger partial charge is 0.370 e. The van der Waals surface area contributed by atoms with E-state index in [9.17, 15) is 8.78 Å². The maximum Gasteiger partial charge on any atom is 0.280 e. The minimum Gasteiger partial charge on any atom is -0.370 e. The molecule has 0 unspecified atom stereocenters. The molecule has 0 radical (unpaired) electrons. The number of aromatic nitrogens is 2. The summed E-state index contributed by atoms with van der Waals surface area (Å²) in [5.74, 6) is 1.41. The van der Waals surface area contributed by atoms with Crippen molar-refractivity contribution in [2.75, 3.05) is 13.1 Å². The molecule has 8 heteroatoms. The lowest BCUT2D eigenvalue weighted by molar-refractivity contribution is 0.145. The second kappa shape index (κ2) is 8.40. The third-order valence-electron chi connectivity index (χ3n) is 3.44. The number of nitrogens with two attached hydrogens (primary N) is 1. The lowest BCUT2D eigenvalue weighted by Gasteiger charge is -2.30. The summed E-state index contributed by atoms with van der Waals surface area (Å²) in [7, 11) is 0. The zero-order valence-electron chi connectivity index (χ0n) is 11.9. The third kappa shape index (κ3) is 5.33. The van der Waals surface area contributed by atoms with Gasteiger partial charge in [0.15, 0.2) is 5.96 Å². The summed E-state index contributed by atoms with van der Waals surface area (Å²) in [4.78, 5) is 13.9. The van der Waals surface area contributed by atoms with Crippen molar-refractivity contribution in [2.45, 2.75) is 32.7 Å². The Kier molecular flexibility index (Phi) is 7.20. The first kappa shape index (κ1) is 18.0. The number of halogens is 3. The molecule has 1 fully saturated rings. The molecule has 2 heterocycles. The Labute approximate surface area is 140 Å². The monoisotopic (exact) mass is 411 g/mol. The Balaban J connectivity index is 0.00000220. The topological polar surface area (TPSA) is 67.4 Å². The fraction of sp³-hybridized carbons (Fsp3) is 0.615. The molecule has 2 N–H and O–H groups in total. The fourth-order valence-electron chi connectivity index (χ4n) is 2.10. The zero-order chi connectivity index (χ0) is 14.5. The van der Waals surface area contributed by atoms with Crippen LogP contribution < -0.4 is 5.73 Å². The fourth-order valence-corrected chi connectivity index (χ4v) is 2.10. The van der Waals surface area contributed by atoms with Gasteiger partial charge in [0.2, 0.25) is 0 Å². The standard InChI is InChI=1S/C13H19F2N5.HI/c1-9-3-6-20(7-4-9)13(16)18-8-11-17-5-2-10(19-11)12(14)15;/h2,5,9,12H,3-4,6-8H2,1H3,(H2,16,18);1H. The van der Waals surface area contributed by atoms with Crippen molar-refractivity contribution in [3.05, 3.63) is 23.8 Å². The summed E-state index contributed by atoms with van der Waals surface area (Å²) >= 11 is 0. The van der Waals surface area contributed by atoms with Gasteiger partial charge in [0.25, 0.3) is 6.43 Å². The van der Waals surface area contributed by atoms with E-state index < -0.39 is 6.43 Å². The van der Waals surface area contributed by atoms with Crippen molar-refractivity contribution in [1.29, 1.82) is 0 Å². The molecule has 1 aromatic rings. The van der Waals surface area contributed by atoms with E-state index in [1.165, 1.54) is 12.3 Å². The van der Waals surface area contributed by atoms with E-state index in [4.69, 9.17) is 5.73 Å². The molecule has 0 spiro atoms. The van der Waals surface area contributed by atoms with Gasteiger partial charge in [-0.15, -0.1) is 24.0 Å². The second-order valence-corrected chi connectivity index (χ2v) is 5.04. The van der Waals surface area contributed by atoms with Crippen molar-refractivity contribution in [2.24, 2.45) is 16.6 Å². The van der Waals surface area contributed by atoms with Gasteiger partial charge in [0.05, 0.1) is 0 Å². The van der Waals surface area contributed by atoms with E-state index in [2.05, 4.69) is 21.9 Å². The number of guanidine groups is 1. The molecule has 0 saturated carbocycles. The van der Waals surface area contributed by atoms with Crippen LogP contribution in [0, 0.1) is 5.92 Å². The van der Waals surface area contributed by atoms with Crippen LogP contribution in [0.5, 0.6) is 0 Å². The minimum atomic E-state index is -2.60. The molecular weight excluding hydrogens is 391 g/mol. The highest BCUT2D eigenvalue weighted by molar-refractivity contribution is 14.0. The Morgan fingerprint density at radius 2 is 2.14 bits per heavy atom. The van der Waals surface area contributed by atoms with Crippen LogP contribution in [0.1, 0.15) is 37.7 Å². The van der Waals surface area contributed by atoms with Crippen molar-refractivity contribution in [1.82, 2.24) is 14.9 Å². The molecule has 1 aliphatic heterocycles. The average Bonchev–Trinajstić information content (AvgIpc) is 2.46. The van der Waals surface area contributed by atoms with E-state index in [0.717, 1.165) is 25.9 Å². The highest BCUT2D eigenvalue weighted by Gasteiger charge is 2.17. The molecule has 5 nitrogen and oxygen atoms in total. The van der Waals surface area contributed by atoms with Crippen molar-refractivity contribution >= 4 is 29.9 Å². The Hall–Kier alpha value is -1.06. The summed E-state index contributed by atoms with van der Waals surface area (Å²) in [6.45, 7) is 4.11. The molecule has 0 amide bonds. The lowest BCUT2D eigenvalue weighted by Crippen LogP contribution is -2.42. The molecule has 21 heavy (non-hydrogen) atoms. The van der Waals surface area contributed by atoms with Gasteiger partial charge in [-0.3, -0.25) is 0 Å². The Morgan fingerprint density at radius 3 is 2.76 bits per heavy atom. The van der Waals surface area contributed by atoms with Crippen LogP contribution in [0.15, 0.2) is 17.3 Å². The van der Waals surface area contributed by atoms with Crippen LogP contribution in [-0.4, -0.2) is 33.9 Å². The van der Waals surface area contributed by atoms with Gasteiger partial charge in [-0.2, -0.15) is 0 Å². The maximum atomic E-state index is 12.5. The summed E-state index contributed by atoms with van der Waals surface area (Å²) in [6.07, 6.45) is 0.904. The van der Waals surface area contributed by atoms with Gasteiger partial charge < -0.3 is 10.6 Å². The zero-order valence-corrected chi connectivity index (χ0v) is 14.2. The van der Waals surface area contributed by atoms with Gasteiger partial charge in [0, 0.05) is 19.3 Å². The Bertz CT molecular complexity index is 475. The second-order valence-electron chi connectivity index (χ2n) is 5.04. The first-order chi connectivity index (χ1) is 9.56. The molecule has 1 aromatic heterocycles. The number of hydrogen-bond acceptors (Lipinski definition) is 3. The van der Waals surface area contributed by atoms with Crippen LogP contribution >= 0.6 is 24.0 Å². The minimum absolute atomic E-state index is 0. The number of hydrogen-bond donors (Lipinski definition) is 1. The number of aliphatic imine (C=N–C) groups is 1. The molecule has 1 aliphatic rings. The first-order valence-electron chi connectivity index (χ1n) is 6.71. The quantitative estimate of drug-likeness (QED) is 0.472. The van der Waals surface area contributed by atoms with E-state index in [-0.39, 0.29) is 42.0 Å². The average molecular weight is 411 g/mol. The summed E-state index contributed by atoms with van der Waals surface area (Å²) in [6, 6.07) is 1.20. The smallest absolute Gasteiger partial charge is 0.280 e. The van der Waals surface area contributed by atoms with Gasteiger partial charge in [-0.05, 0) is 24.8 Å². The summed E-state index contributed by atoms with van der Waals surface area (Å²) < 4.78 is 25.0. The third-order valence-corrected chi connectivity index (χ3v) is 3.44. The molecule has 118 valence electrons. The van der Waals surface area contributed by atoms with E-state index in [0.29, 0.717) is 11.9 Å². The van der Waals surface area contributed by atoms with Crippen LogP contribution in [-0.2, 0) is 6.54 Å². The number of piperidine rings is 1. The molecule has 1 saturated heterocycles. The molecular formula is C13H20F2IN5. The van der Waals surface area contributed by atoms with Crippen LogP contribution in [0.3, 0.4) is 0 Å². The number of likely N-dealkylation sites (tertiary alicyclic amines) is 1. The molecule has 2 rings (SSSR count). The van der Waals surface area contributed by atoms with Gasteiger partial charge >= 0.3 is 0 Å². The van der Waals surface area contributed by atoms with Gasteiger partial charge in [-0.1, -0.05) is 6.92 Å². The van der Waals surface area contributed by atoms with Crippen LogP contribution in [0.25, 0.3) is 0 Å². The number of rotatable bonds is 3. The molecule has 0 aliphatic carbocycles. The molecule has 0 atom stereocenters. The van der Waals surface area contributed by atoms with Crippen molar-refractivity contribution in [3.63, 3.8) is 0 Å².